The first kappa shape index (κ1) is 14.7. The Kier molecular flexibility index (Phi) is 6.39. The molecule has 0 aliphatic heterocycles. The van der Waals surface area contributed by atoms with Crippen LogP contribution in [0.3, 0.4) is 0 Å². The van der Waals surface area contributed by atoms with Crippen molar-refractivity contribution in [2.24, 2.45) is 5.73 Å². The summed E-state index contributed by atoms with van der Waals surface area (Å²) in [4.78, 5) is 12.1. The van der Waals surface area contributed by atoms with Gasteiger partial charge < -0.3 is 16.2 Å². The minimum absolute atomic E-state index is 0.0141. The Labute approximate surface area is 108 Å². The van der Waals surface area contributed by atoms with E-state index in [1.165, 1.54) is 0 Å². The van der Waals surface area contributed by atoms with Crippen LogP contribution in [0.4, 0.5) is 0 Å². The molecule has 0 aliphatic carbocycles. The van der Waals surface area contributed by atoms with Crippen LogP contribution >= 0.6 is 0 Å². The van der Waals surface area contributed by atoms with Crippen molar-refractivity contribution in [2.45, 2.75) is 31.7 Å². The summed E-state index contributed by atoms with van der Waals surface area (Å²) >= 11 is 0. The van der Waals surface area contributed by atoms with Gasteiger partial charge in [-0.15, -0.1) is 0 Å². The number of nitrogens with two attached hydrogens (primary N) is 1. The summed E-state index contributed by atoms with van der Waals surface area (Å²) in [7, 11) is 0. The summed E-state index contributed by atoms with van der Waals surface area (Å²) in [6.45, 7) is 2.35. The predicted octanol–water partition coefficient (Wildman–Crippen LogP) is 1.01. The quantitative estimate of drug-likeness (QED) is 0.676. The van der Waals surface area contributed by atoms with Crippen molar-refractivity contribution in [3.63, 3.8) is 0 Å². The first-order valence-electron chi connectivity index (χ1n) is 6.39. The Morgan fingerprint density at radius 3 is 2.56 bits per heavy atom. The van der Waals surface area contributed by atoms with Crippen LogP contribution in [0.5, 0.6) is 0 Å². The van der Waals surface area contributed by atoms with Crippen molar-refractivity contribution in [2.75, 3.05) is 13.2 Å². The number of rotatable bonds is 7. The molecule has 1 aromatic carbocycles. The Bertz CT molecular complexity index is 354. The van der Waals surface area contributed by atoms with Crippen LogP contribution in [0, 0.1) is 0 Å². The molecule has 100 valence electrons. The molecule has 18 heavy (non-hydrogen) atoms. The number of aliphatic hydroxyl groups is 1. The standard InChI is InChI=1S/C14H22N2O2/c1-2-12(8-9-17)16-14(18)13(10-15)11-6-4-3-5-7-11/h3-7,12-13,17H,2,8-10,15H2,1H3,(H,16,18). The van der Waals surface area contributed by atoms with Crippen LogP contribution in [0.15, 0.2) is 30.3 Å². The fraction of sp³-hybridized carbons (Fsp3) is 0.500. The van der Waals surface area contributed by atoms with Gasteiger partial charge in [0, 0.05) is 19.2 Å². The summed E-state index contributed by atoms with van der Waals surface area (Å²) in [5.41, 5.74) is 6.61. The molecule has 4 heteroatoms. The number of carbonyl (C=O) groups excluding carboxylic acids is 1. The second-order valence-corrected chi connectivity index (χ2v) is 4.33. The van der Waals surface area contributed by atoms with Crippen molar-refractivity contribution in [1.29, 1.82) is 0 Å². The van der Waals surface area contributed by atoms with E-state index in [1.807, 2.05) is 37.3 Å². The van der Waals surface area contributed by atoms with Gasteiger partial charge in [-0.2, -0.15) is 0 Å². The summed E-state index contributed by atoms with van der Waals surface area (Å²) < 4.78 is 0. The molecular weight excluding hydrogens is 228 g/mol. The smallest absolute Gasteiger partial charge is 0.229 e. The molecule has 0 saturated heterocycles. The van der Waals surface area contributed by atoms with Gasteiger partial charge in [0.15, 0.2) is 0 Å². The van der Waals surface area contributed by atoms with E-state index in [1.54, 1.807) is 0 Å². The highest BCUT2D eigenvalue weighted by atomic mass is 16.3. The number of aliphatic hydroxyl groups excluding tert-OH is 1. The highest BCUT2D eigenvalue weighted by Crippen LogP contribution is 2.15. The fourth-order valence-electron chi connectivity index (χ4n) is 1.92. The van der Waals surface area contributed by atoms with E-state index in [2.05, 4.69) is 5.32 Å². The lowest BCUT2D eigenvalue weighted by atomic mass is 9.97. The third-order valence-electron chi connectivity index (χ3n) is 3.07. The first-order valence-corrected chi connectivity index (χ1v) is 6.39. The summed E-state index contributed by atoms with van der Waals surface area (Å²) in [6.07, 6.45) is 1.38. The second kappa shape index (κ2) is 7.84. The number of benzene rings is 1. The highest BCUT2D eigenvalue weighted by Gasteiger charge is 2.20. The molecule has 0 bridgehead atoms. The summed E-state index contributed by atoms with van der Waals surface area (Å²) in [5.74, 6) is -0.386. The zero-order valence-electron chi connectivity index (χ0n) is 10.8. The SMILES string of the molecule is CCC(CCO)NC(=O)C(CN)c1ccccc1. The molecule has 0 saturated carbocycles. The van der Waals surface area contributed by atoms with Crippen molar-refractivity contribution in [3.8, 4) is 0 Å². The van der Waals surface area contributed by atoms with Gasteiger partial charge in [0.1, 0.15) is 0 Å². The van der Waals surface area contributed by atoms with E-state index in [9.17, 15) is 4.79 Å². The minimum atomic E-state index is -0.320. The number of nitrogens with one attached hydrogen (secondary N) is 1. The topological polar surface area (TPSA) is 75.3 Å². The molecule has 4 N–H and O–H groups in total. The van der Waals surface area contributed by atoms with Crippen LogP contribution in [0.2, 0.25) is 0 Å². The molecular formula is C14H22N2O2. The zero-order chi connectivity index (χ0) is 13.4. The molecule has 4 nitrogen and oxygen atoms in total. The third kappa shape index (κ3) is 4.13. The van der Waals surface area contributed by atoms with Crippen molar-refractivity contribution >= 4 is 5.91 Å². The molecule has 0 radical (unpaired) electrons. The van der Waals surface area contributed by atoms with Gasteiger partial charge >= 0.3 is 0 Å². The Morgan fingerprint density at radius 2 is 2.06 bits per heavy atom. The maximum atomic E-state index is 12.1. The maximum Gasteiger partial charge on any atom is 0.229 e. The molecule has 1 aromatic rings. The van der Waals surface area contributed by atoms with Gasteiger partial charge in [0.2, 0.25) is 5.91 Å². The van der Waals surface area contributed by atoms with Crippen LogP contribution < -0.4 is 11.1 Å². The van der Waals surface area contributed by atoms with E-state index in [0.717, 1.165) is 12.0 Å². The maximum absolute atomic E-state index is 12.1. The number of hydrogen-bond donors (Lipinski definition) is 3. The molecule has 0 aliphatic rings. The third-order valence-corrected chi connectivity index (χ3v) is 3.07. The second-order valence-electron chi connectivity index (χ2n) is 4.33. The van der Waals surface area contributed by atoms with E-state index in [4.69, 9.17) is 10.8 Å². The highest BCUT2D eigenvalue weighted by molar-refractivity contribution is 5.84. The molecule has 0 aromatic heterocycles. The van der Waals surface area contributed by atoms with Gasteiger partial charge in [-0.25, -0.2) is 0 Å². The van der Waals surface area contributed by atoms with Crippen molar-refractivity contribution < 1.29 is 9.90 Å². The van der Waals surface area contributed by atoms with Gasteiger partial charge in [0.05, 0.1) is 5.92 Å². The molecule has 0 fully saturated rings. The minimum Gasteiger partial charge on any atom is -0.396 e. The van der Waals surface area contributed by atoms with E-state index >= 15 is 0 Å². The average molecular weight is 250 g/mol. The monoisotopic (exact) mass is 250 g/mol. The van der Waals surface area contributed by atoms with Gasteiger partial charge in [0.25, 0.3) is 0 Å². The Hall–Kier alpha value is -1.39. The lowest BCUT2D eigenvalue weighted by molar-refractivity contribution is -0.123. The van der Waals surface area contributed by atoms with Crippen LogP contribution in [0.25, 0.3) is 0 Å². The van der Waals surface area contributed by atoms with Crippen LogP contribution in [0.1, 0.15) is 31.2 Å². The number of hydrogen-bond acceptors (Lipinski definition) is 3. The van der Waals surface area contributed by atoms with E-state index in [0.29, 0.717) is 6.42 Å². The normalized spacial score (nSPS) is 13.9. The van der Waals surface area contributed by atoms with Crippen LogP contribution in [-0.2, 0) is 4.79 Å². The predicted molar refractivity (Wildman–Crippen MR) is 72.2 cm³/mol. The lowest BCUT2D eigenvalue weighted by Crippen LogP contribution is -2.40. The Balaban J connectivity index is 2.68. The molecule has 0 heterocycles. The molecule has 0 spiro atoms. The number of amides is 1. The zero-order valence-corrected chi connectivity index (χ0v) is 10.8. The molecule has 2 atom stereocenters. The van der Waals surface area contributed by atoms with Gasteiger partial charge in [-0.05, 0) is 18.4 Å². The Morgan fingerprint density at radius 1 is 1.39 bits per heavy atom. The first-order chi connectivity index (χ1) is 8.72. The van der Waals surface area contributed by atoms with Gasteiger partial charge in [-0.3, -0.25) is 4.79 Å². The van der Waals surface area contributed by atoms with Crippen LogP contribution in [-0.4, -0.2) is 30.2 Å². The summed E-state index contributed by atoms with van der Waals surface area (Å²) in [5, 5.41) is 11.9. The number of carbonyl (C=O) groups is 1. The van der Waals surface area contributed by atoms with E-state index in [-0.39, 0.29) is 31.0 Å². The fourth-order valence-corrected chi connectivity index (χ4v) is 1.92. The van der Waals surface area contributed by atoms with E-state index < -0.39 is 0 Å². The van der Waals surface area contributed by atoms with Crippen molar-refractivity contribution in [3.05, 3.63) is 35.9 Å². The van der Waals surface area contributed by atoms with Gasteiger partial charge in [-0.1, -0.05) is 37.3 Å². The lowest BCUT2D eigenvalue weighted by Gasteiger charge is -2.20. The van der Waals surface area contributed by atoms with Crippen molar-refractivity contribution in [1.82, 2.24) is 5.32 Å². The average Bonchev–Trinajstić information content (AvgIpc) is 2.40. The molecule has 1 rings (SSSR count). The largest absolute Gasteiger partial charge is 0.396 e. The summed E-state index contributed by atoms with van der Waals surface area (Å²) in [6, 6.07) is 9.54. The molecule has 2 unspecified atom stereocenters. The molecule has 1 amide bonds.